The zero-order valence-corrected chi connectivity index (χ0v) is 7.32. The summed E-state index contributed by atoms with van der Waals surface area (Å²) in [7, 11) is 0. The summed E-state index contributed by atoms with van der Waals surface area (Å²) in [6.45, 7) is 6.64. The molecule has 0 aromatic carbocycles. The van der Waals surface area contributed by atoms with Gasteiger partial charge in [-0.15, -0.1) is 0 Å². The van der Waals surface area contributed by atoms with Crippen molar-refractivity contribution in [1.82, 2.24) is 10.9 Å². The lowest BCUT2D eigenvalue weighted by molar-refractivity contribution is -0.133. The third kappa shape index (κ3) is 4.36. The first-order chi connectivity index (χ1) is 4.84. The summed E-state index contributed by atoms with van der Waals surface area (Å²) in [6.07, 6.45) is 0. The van der Waals surface area contributed by atoms with Gasteiger partial charge in [-0.05, 0) is 0 Å². The predicted molar refractivity (Wildman–Crippen MR) is 41.4 cm³/mol. The third-order valence-electron chi connectivity index (χ3n) is 1.03. The second-order valence-electron chi connectivity index (χ2n) is 3.39. The Morgan fingerprint density at radius 1 is 1.09 bits per heavy atom. The first-order valence-electron chi connectivity index (χ1n) is 3.41. The molecule has 2 N–H and O–H groups in total. The van der Waals surface area contributed by atoms with Gasteiger partial charge in [-0.1, -0.05) is 20.8 Å². The quantitative estimate of drug-likeness (QED) is 0.495. The highest BCUT2D eigenvalue weighted by Crippen LogP contribution is 2.11. The van der Waals surface area contributed by atoms with Crippen molar-refractivity contribution in [1.29, 1.82) is 0 Å². The van der Waals surface area contributed by atoms with E-state index in [-0.39, 0.29) is 11.8 Å². The van der Waals surface area contributed by atoms with Crippen LogP contribution in [0.2, 0.25) is 0 Å². The van der Waals surface area contributed by atoms with Crippen molar-refractivity contribution in [2.45, 2.75) is 27.7 Å². The van der Waals surface area contributed by atoms with E-state index in [2.05, 4.69) is 10.9 Å². The number of carbonyl (C=O) groups excluding carboxylic acids is 2. The minimum Gasteiger partial charge on any atom is -0.274 e. The van der Waals surface area contributed by atoms with E-state index in [0.29, 0.717) is 0 Å². The van der Waals surface area contributed by atoms with Crippen LogP contribution < -0.4 is 10.9 Å². The Morgan fingerprint density at radius 2 is 1.55 bits per heavy atom. The van der Waals surface area contributed by atoms with Crippen molar-refractivity contribution in [2.24, 2.45) is 5.41 Å². The van der Waals surface area contributed by atoms with Crippen LogP contribution in [0.1, 0.15) is 27.7 Å². The number of hydrogen-bond acceptors (Lipinski definition) is 2. The number of hydrazine groups is 1. The molecule has 11 heavy (non-hydrogen) atoms. The van der Waals surface area contributed by atoms with Gasteiger partial charge in [0.2, 0.25) is 11.8 Å². The van der Waals surface area contributed by atoms with Gasteiger partial charge in [0.15, 0.2) is 0 Å². The zero-order chi connectivity index (χ0) is 9.07. The third-order valence-corrected chi connectivity index (χ3v) is 1.03. The SMILES string of the molecule is CC(=O)NNC(=O)C(C)(C)C. The van der Waals surface area contributed by atoms with Crippen LogP contribution in [-0.4, -0.2) is 11.8 Å². The summed E-state index contributed by atoms with van der Waals surface area (Å²) in [5, 5.41) is 0. The second kappa shape index (κ2) is 3.37. The van der Waals surface area contributed by atoms with Crippen molar-refractivity contribution in [3.05, 3.63) is 0 Å². The van der Waals surface area contributed by atoms with Crippen LogP contribution in [-0.2, 0) is 9.59 Å². The fourth-order valence-electron chi connectivity index (χ4n) is 0.332. The molecule has 0 atom stereocenters. The van der Waals surface area contributed by atoms with Gasteiger partial charge in [-0.25, -0.2) is 0 Å². The molecule has 0 aliphatic rings. The summed E-state index contributed by atoms with van der Waals surface area (Å²) in [6, 6.07) is 0. The molecule has 0 heterocycles. The van der Waals surface area contributed by atoms with Crippen molar-refractivity contribution >= 4 is 11.8 Å². The van der Waals surface area contributed by atoms with E-state index in [0.717, 1.165) is 0 Å². The maximum Gasteiger partial charge on any atom is 0.243 e. The van der Waals surface area contributed by atoms with Gasteiger partial charge in [0.1, 0.15) is 0 Å². The van der Waals surface area contributed by atoms with E-state index in [4.69, 9.17) is 0 Å². The molecule has 0 unspecified atom stereocenters. The molecule has 0 aliphatic carbocycles. The van der Waals surface area contributed by atoms with Gasteiger partial charge < -0.3 is 0 Å². The van der Waals surface area contributed by atoms with Gasteiger partial charge in [-0.2, -0.15) is 0 Å². The minimum absolute atomic E-state index is 0.201. The van der Waals surface area contributed by atoms with Crippen LogP contribution in [0.3, 0.4) is 0 Å². The van der Waals surface area contributed by atoms with Crippen LogP contribution in [0.4, 0.5) is 0 Å². The van der Waals surface area contributed by atoms with Crippen LogP contribution in [0, 0.1) is 5.41 Å². The maximum absolute atomic E-state index is 11.0. The molecule has 4 nitrogen and oxygen atoms in total. The van der Waals surface area contributed by atoms with Gasteiger partial charge in [0.25, 0.3) is 0 Å². The molecular weight excluding hydrogens is 144 g/mol. The molecule has 0 saturated carbocycles. The number of amides is 2. The molecule has 0 spiro atoms. The van der Waals surface area contributed by atoms with Crippen molar-refractivity contribution in [2.75, 3.05) is 0 Å². The Kier molecular flexibility index (Phi) is 3.04. The number of hydrogen-bond donors (Lipinski definition) is 2. The van der Waals surface area contributed by atoms with Gasteiger partial charge in [0, 0.05) is 12.3 Å². The first kappa shape index (κ1) is 9.94. The van der Waals surface area contributed by atoms with E-state index in [1.807, 2.05) is 0 Å². The fraction of sp³-hybridized carbons (Fsp3) is 0.714. The van der Waals surface area contributed by atoms with Crippen molar-refractivity contribution in [3.8, 4) is 0 Å². The number of rotatable bonds is 0. The lowest BCUT2D eigenvalue weighted by Gasteiger charge is -2.17. The summed E-state index contributed by atoms with van der Waals surface area (Å²) in [5.74, 6) is -0.477. The summed E-state index contributed by atoms with van der Waals surface area (Å²) >= 11 is 0. The molecule has 0 radical (unpaired) electrons. The normalized spacial score (nSPS) is 10.5. The smallest absolute Gasteiger partial charge is 0.243 e. The second-order valence-corrected chi connectivity index (χ2v) is 3.39. The van der Waals surface area contributed by atoms with E-state index in [9.17, 15) is 9.59 Å². The first-order valence-corrected chi connectivity index (χ1v) is 3.41. The van der Waals surface area contributed by atoms with E-state index >= 15 is 0 Å². The Balaban J connectivity index is 3.80. The molecule has 2 amide bonds. The average molecular weight is 158 g/mol. The predicted octanol–water partition coefficient (Wildman–Crippen LogP) is 0.200. The Morgan fingerprint density at radius 3 is 1.82 bits per heavy atom. The van der Waals surface area contributed by atoms with Crippen LogP contribution >= 0.6 is 0 Å². The highest BCUT2D eigenvalue weighted by molar-refractivity contribution is 5.84. The average Bonchev–Trinajstić information content (AvgIpc) is 1.80. The fourth-order valence-corrected chi connectivity index (χ4v) is 0.332. The lowest BCUT2D eigenvalue weighted by Crippen LogP contribution is -2.45. The molecule has 0 rings (SSSR count). The molecule has 0 bridgehead atoms. The van der Waals surface area contributed by atoms with E-state index in [1.165, 1.54) is 6.92 Å². The summed E-state index contributed by atoms with van der Waals surface area (Å²) in [4.78, 5) is 21.4. The van der Waals surface area contributed by atoms with Crippen LogP contribution in [0.5, 0.6) is 0 Å². The van der Waals surface area contributed by atoms with Gasteiger partial charge >= 0.3 is 0 Å². The Bertz CT molecular complexity index is 170. The highest BCUT2D eigenvalue weighted by Gasteiger charge is 2.20. The molecule has 0 aliphatic heterocycles. The van der Waals surface area contributed by atoms with Crippen molar-refractivity contribution in [3.63, 3.8) is 0 Å². The molecular formula is C7H14N2O2. The Hall–Kier alpha value is -1.06. The molecule has 64 valence electrons. The van der Waals surface area contributed by atoms with E-state index in [1.54, 1.807) is 20.8 Å². The number of nitrogens with one attached hydrogen (secondary N) is 2. The van der Waals surface area contributed by atoms with Gasteiger partial charge in [-0.3, -0.25) is 20.4 Å². The van der Waals surface area contributed by atoms with Crippen LogP contribution in [0.25, 0.3) is 0 Å². The largest absolute Gasteiger partial charge is 0.274 e. The van der Waals surface area contributed by atoms with Crippen LogP contribution in [0.15, 0.2) is 0 Å². The number of carbonyl (C=O) groups is 2. The minimum atomic E-state index is -0.470. The highest BCUT2D eigenvalue weighted by atomic mass is 16.2. The Labute approximate surface area is 66.3 Å². The van der Waals surface area contributed by atoms with Crippen molar-refractivity contribution < 1.29 is 9.59 Å². The summed E-state index contributed by atoms with van der Waals surface area (Å²) in [5.41, 5.74) is 4.03. The molecule has 4 heteroatoms. The topological polar surface area (TPSA) is 58.2 Å². The molecule has 0 saturated heterocycles. The molecule has 0 aromatic rings. The summed E-state index contributed by atoms with van der Waals surface area (Å²) < 4.78 is 0. The van der Waals surface area contributed by atoms with E-state index < -0.39 is 5.41 Å². The van der Waals surface area contributed by atoms with Gasteiger partial charge in [0.05, 0.1) is 0 Å². The maximum atomic E-state index is 11.0. The lowest BCUT2D eigenvalue weighted by atomic mass is 9.96. The zero-order valence-electron chi connectivity index (χ0n) is 7.32. The standard InChI is InChI=1S/C7H14N2O2/c1-5(10)8-9-6(11)7(2,3)4/h1-4H3,(H,8,10)(H,9,11). The molecule has 0 aromatic heterocycles. The monoisotopic (exact) mass is 158 g/mol. The molecule has 0 fully saturated rings.